The average molecular weight is 286 g/mol. The molecular weight excluding hydrogens is 268 g/mol. The zero-order valence-electron chi connectivity index (χ0n) is 11.7. The topological polar surface area (TPSA) is 63.6 Å². The van der Waals surface area contributed by atoms with Gasteiger partial charge in [-0.25, -0.2) is 9.59 Å². The molecule has 1 aromatic carbocycles. The van der Waals surface area contributed by atoms with Crippen molar-refractivity contribution in [2.45, 2.75) is 38.2 Å². The van der Waals surface area contributed by atoms with Gasteiger partial charge in [-0.2, -0.15) is 0 Å². The summed E-state index contributed by atoms with van der Waals surface area (Å²) in [6.45, 7) is 0. The second kappa shape index (κ2) is 4.33. The minimum Gasteiger partial charge on any atom is -0.478 e. The van der Waals surface area contributed by atoms with Crippen molar-refractivity contribution in [3.05, 3.63) is 35.4 Å². The largest absolute Gasteiger partial charge is 0.478 e. The molecule has 3 saturated carbocycles. The van der Waals surface area contributed by atoms with E-state index < -0.39 is 11.9 Å². The minimum absolute atomic E-state index is 0.0133. The summed E-state index contributed by atoms with van der Waals surface area (Å²) >= 11 is 0. The Hall–Kier alpha value is -1.84. The van der Waals surface area contributed by atoms with Crippen LogP contribution in [0.4, 0.5) is 0 Å². The number of rotatable bonds is 3. The molecule has 1 spiro atoms. The third kappa shape index (κ3) is 1.68. The predicted octanol–water partition coefficient (Wildman–Crippen LogP) is 3.12. The van der Waals surface area contributed by atoms with Crippen LogP contribution in [0.15, 0.2) is 24.3 Å². The van der Waals surface area contributed by atoms with Crippen molar-refractivity contribution < 1.29 is 19.4 Å². The van der Waals surface area contributed by atoms with Crippen LogP contribution in [0, 0.1) is 17.3 Å². The summed E-state index contributed by atoms with van der Waals surface area (Å²) < 4.78 is 5.70. The Balaban J connectivity index is 1.53. The predicted molar refractivity (Wildman–Crippen MR) is 75.1 cm³/mol. The lowest BCUT2D eigenvalue weighted by molar-refractivity contribution is -0.0874. The highest BCUT2D eigenvalue weighted by Crippen LogP contribution is 2.70. The first-order chi connectivity index (χ1) is 10.1. The molecule has 4 heteroatoms. The van der Waals surface area contributed by atoms with Crippen LogP contribution < -0.4 is 0 Å². The third-order valence-corrected chi connectivity index (χ3v) is 6.03. The Morgan fingerprint density at radius 2 is 1.86 bits per heavy atom. The van der Waals surface area contributed by atoms with Gasteiger partial charge >= 0.3 is 11.9 Å². The summed E-state index contributed by atoms with van der Waals surface area (Å²) in [4.78, 5) is 23.5. The Kier molecular flexibility index (Phi) is 2.65. The fourth-order valence-electron chi connectivity index (χ4n) is 4.75. The summed E-state index contributed by atoms with van der Waals surface area (Å²) in [6.07, 6.45) is 5.92. The molecule has 3 aliphatic rings. The van der Waals surface area contributed by atoms with Crippen LogP contribution in [-0.4, -0.2) is 23.1 Å². The van der Waals surface area contributed by atoms with Crippen molar-refractivity contribution in [2.24, 2.45) is 17.3 Å². The highest BCUT2D eigenvalue weighted by Gasteiger charge is 2.65. The first-order valence-electron chi connectivity index (χ1n) is 7.65. The van der Waals surface area contributed by atoms with Crippen LogP contribution in [0.1, 0.15) is 52.8 Å². The molecule has 0 unspecified atom stereocenters. The highest BCUT2D eigenvalue weighted by atomic mass is 16.5. The lowest BCUT2D eigenvalue weighted by Gasteiger charge is -2.56. The van der Waals surface area contributed by atoms with E-state index >= 15 is 0 Å². The monoisotopic (exact) mass is 286 g/mol. The summed E-state index contributed by atoms with van der Waals surface area (Å²) in [6, 6.07) is 6.27. The fourth-order valence-corrected chi connectivity index (χ4v) is 4.75. The van der Waals surface area contributed by atoms with E-state index in [4.69, 9.17) is 9.84 Å². The van der Waals surface area contributed by atoms with Gasteiger partial charge in [-0.3, -0.25) is 0 Å². The SMILES string of the molecule is O=C(O)c1ccccc1C(=O)O[C@@H]1C[C@@H]2CC[C@]23CC[C@H]13. The average Bonchev–Trinajstić information content (AvgIpc) is 2.54. The number of aromatic carboxylic acids is 1. The lowest BCUT2D eigenvalue weighted by atomic mass is 9.48. The third-order valence-electron chi connectivity index (χ3n) is 6.03. The van der Waals surface area contributed by atoms with Crippen molar-refractivity contribution in [3.63, 3.8) is 0 Å². The Morgan fingerprint density at radius 3 is 2.38 bits per heavy atom. The molecule has 3 fully saturated rings. The summed E-state index contributed by atoms with van der Waals surface area (Å²) in [7, 11) is 0. The van der Waals surface area contributed by atoms with Crippen molar-refractivity contribution >= 4 is 11.9 Å². The summed E-state index contributed by atoms with van der Waals surface area (Å²) in [5.41, 5.74) is 0.654. The second-order valence-corrected chi connectivity index (χ2v) is 6.64. The van der Waals surface area contributed by atoms with Gasteiger partial charge in [-0.1, -0.05) is 12.1 Å². The van der Waals surface area contributed by atoms with E-state index in [2.05, 4.69) is 0 Å². The molecule has 0 saturated heterocycles. The van der Waals surface area contributed by atoms with Crippen LogP contribution in [-0.2, 0) is 4.74 Å². The van der Waals surface area contributed by atoms with Crippen LogP contribution in [0.5, 0.6) is 0 Å². The smallest absolute Gasteiger partial charge is 0.339 e. The Bertz CT molecular complexity index is 619. The number of hydrogen-bond acceptors (Lipinski definition) is 3. The van der Waals surface area contributed by atoms with Gasteiger partial charge in [0.25, 0.3) is 0 Å². The number of esters is 1. The zero-order valence-corrected chi connectivity index (χ0v) is 11.7. The van der Waals surface area contributed by atoms with Gasteiger partial charge in [-0.15, -0.1) is 0 Å². The summed E-state index contributed by atoms with van der Waals surface area (Å²) in [5.74, 6) is -0.337. The molecule has 21 heavy (non-hydrogen) atoms. The number of carbonyl (C=O) groups is 2. The Labute approximate surface area is 123 Å². The number of carbonyl (C=O) groups excluding carboxylic acids is 1. The molecule has 3 aliphatic carbocycles. The van der Waals surface area contributed by atoms with E-state index in [1.807, 2.05) is 0 Å². The molecule has 1 aromatic rings. The number of carboxylic acids is 1. The number of ether oxygens (including phenoxy) is 1. The molecular formula is C17H18O4. The maximum absolute atomic E-state index is 12.3. The van der Waals surface area contributed by atoms with Crippen LogP contribution in [0.25, 0.3) is 0 Å². The molecule has 0 aliphatic heterocycles. The highest BCUT2D eigenvalue weighted by molar-refractivity contribution is 6.02. The van der Waals surface area contributed by atoms with Crippen LogP contribution in [0.2, 0.25) is 0 Å². The van der Waals surface area contributed by atoms with E-state index in [9.17, 15) is 9.59 Å². The van der Waals surface area contributed by atoms with Gasteiger partial charge < -0.3 is 9.84 Å². The van der Waals surface area contributed by atoms with Gasteiger partial charge in [0.2, 0.25) is 0 Å². The normalized spacial score (nSPS) is 35.9. The maximum Gasteiger partial charge on any atom is 0.339 e. The summed E-state index contributed by atoms with van der Waals surface area (Å²) in [5, 5.41) is 9.17. The van der Waals surface area contributed by atoms with Crippen molar-refractivity contribution in [1.29, 1.82) is 0 Å². The van der Waals surface area contributed by atoms with Gasteiger partial charge in [0.15, 0.2) is 0 Å². The van der Waals surface area contributed by atoms with Crippen molar-refractivity contribution in [1.82, 2.24) is 0 Å². The molecule has 0 aromatic heterocycles. The van der Waals surface area contributed by atoms with Crippen molar-refractivity contribution in [2.75, 3.05) is 0 Å². The Morgan fingerprint density at radius 1 is 1.14 bits per heavy atom. The molecule has 4 nitrogen and oxygen atoms in total. The zero-order chi connectivity index (χ0) is 14.6. The maximum atomic E-state index is 12.3. The van der Waals surface area contributed by atoms with Gasteiger partial charge in [0.1, 0.15) is 6.10 Å². The fraction of sp³-hybridized carbons (Fsp3) is 0.529. The molecule has 110 valence electrons. The minimum atomic E-state index is -1.09. The van der Waals surface area contributed by atoms with Gasteiger partial charge in [-0.05, 0) is 55.6 Å². The van der Waals surface area contributed by atoms with E-state index in [0.717, 1.165) is 18.8 Å². The molecule has 0 bridgehead atoms. The quantitative estimate of drug-likeness (QED) is 0.867. The molecule has 4 rings (SSSR count). The first kappa shape index (κ1) is 12.9. The molecule has 4 atom stereocenters. The lowest BCUT2D eigenvalue weighted by Crippen LogP contribution is -2.49. The number of benzene rings is 1. The second-order valence-electron chi connectivity index (χ2n) is 6.64. The molecule has 0 radical (unpaired) electrons. The first-order valence-corrected chi connectivity index (χ1v) is 7.65. The van der Waals surface area contributed by atoms with E-state index in [1.165, 1.54) is 31.4 Å². The molecule has 0 heterocycles. The molecule has 1 N–H and O–H groups in total. The van der Waals surface area contributed by atoms with E-state index in [-0.39, 0.29) is 17.2 Å². The van der Waals surface area contributed by atoms with Gasteiger partial charge in [0, 0.05) is 5.92 Å². The number of hydrogen-bond donors (Lipinski definition) is 1. The van der Waals surface area contributed by atoms with E-state index in [0.29, 0.717) is 11.3 Å². The van der Waals surface area contributed by atoms with Crippen LogP contribution >= 0.6 is 0 Å². The molecule has 0 amide bonds. The van der Waals surface area contributed by atoms with Crippen molar-refractivity contribution in [3.8, 4) is 0 Å². The van der Waals surface area contributed by atoms with Crippen LogP contribution in [0.3, 0.4) is 0 Å². The van der Waals surface area contributed by atoms with E-state index in [1.54, 1.807) is 12.1 Å². The number of carboxylic acid groups (broad SMARTS) is 1. The standard InChI is InChI=1S/C17H18O4/c18-15(19)11-3-1-2-4-12(11)16(20)21-14-9-10-5-7-17(10)8-6-13(14)17/h1-4,10,13-14H,5-9H2,(H,18,19)/t10-,13+,14+,17-/m0/s1. The van der Waals surface area contributed by atoms with Gasteiger partial charge in [0.05, 0.1) is 11.1 Å².